The lowest BCUT2D eigenvalue weighted by Crippen LogP contribution is -2.29. The van der Waals surface area contributed by atoms with Crippen LogP contribution in [-0.2, 0) is 10.8 Å². The van der Waals surface area contributed by atoms with Gasteiger partial charge in [-0.3, -0.25) is 12.9 Å². The molecule has 0 unspecified atom stereocenters. The molecule has 0 aliphatic heterocycles. The molecule has 2 aromatic carbocycles. The Bertz CT molecular complexity index is 894. The number of oxazole rings is 1. The summed E-state index contributed by atoms with van der Waals surface area (Å²) in [6.07, 6.45) is 1.82. The van der Waals surface area contributed by atoms with E-state index in [1.54, 1.807) is 0 Å². The van der Waals surface area contributed by atoms with E-state index in [1.165, 1.54) is 11.1 Å². The van der Waals surface area contributed by atoms with Crippen LogP contribution in [0.3, 0.4) is 0 Å². The fourth-order valence-corrected chi connectivity index (χ4v) is 2.86. The molecule has 0 amide bonds. The van der Waals surface area contributed by atoms with Crippen LogP contribution in [0.2, 0.25) is 0 Å². The normalized spacial score (nSPS) is 11.5. The van der Waals surface area contributed by atoms with Crippen molar-refractivity contribution in [1.82, 2.24) is 0 Å². The number of halogens is 4. The Hall–Kier alpha value is -2.31. The predicted molar refractivity (Wildman–Crippen MR) is 105 cm³/mol. The summed E-state index contributed by atoms with van der Waals surface area (Å²) in [5.41, 5.74) is 5.96. The Kier molecular flexibility index (Phi) is 7.46. The first-order chi connectivity index (χ1) is 12.4. The first-order valence-corrected chi connectivity index (χ1v) is 8.87. The van der Waals surface area contributed by atoms with Crippen molar-refractivity contribution in [2.45, 2.75) is 52.4 Å². The van der Waals surface area contributed by atoms with Crippen molar-refractivity contribution in [3.8, 4) is 5.69 Å². The molecule has 1 heterocycles. The van der Waals surface area contributed by atoms with E-state index in [0.29, 0.717) is 0 Å². The van der Waals surface area contributed by atoms with E-state index in [9.17, 15) is 12.9 Å². The zero-order valence-electron chi connectivity index (χ0n) is 17.1. The standard InChI is InChI=1S/C21H26NO.BF3.F/c1-20(2,3)15-12-17(21(4,5)6)19-18(13-15)22(14-23-19)16-10-8-7-9-11-16;2-1(3)4;/h7-14H,1-6H3;;/q+1;;. The van der Waals surface area contributed by atoms with E-state index in [2.05, 4.69) is 82.5 Å². The van der Waals surface area contributed by atoms with Crippen molar-refractivity contribution >= 4 is 18.6 Å². The summed E-state index contributed by atoms with van der Waals surface area (Å²) < 4.78 is 37.1. The Morgan fingerprint density at radius 2 is 1.39 bits per heavy atom. The second-order valence-corrected chi connectivity index (χ2v) is 8.55. The van der Waals surface area contributed by atoms with Gasteiger partial charge in [0.1, 0.15) is 0 Å². The number of hydrogen-bond acceptors (Lipinski definition) is 1. The maximum atomic E-state index is 9.67. The van der Waals surface area contributed by atoms with Gasteiger partial charge in [-0.05, 0) is 16.4 Å². The Morgan fingerprint density at radius 3 is 1.86 bits per heavy atom. The SMILES string of the molecule is CC(C)(C)c1cc(C(C)(C)C)c2oc[n+](-c3ccccc3)c2c1.FB(F)F.[F]. The molecule has 0 bridgehead atoms. The molecule has 0 aliphatic carbocycles. The number of nitrogens with zero attached hydrogens (tertiary/aromatic N) is 1. The van der Waals surface area contributed by atoms with Crippen LogP contribution in [0.15, 0.2) is 53.3 Å². The van der Waals surface area contributed by atoms with Crippen LogP contribution in [-0.4, -0.2) is 7.54 Å². The van der Waals surface area contributed by atoms with Gasteiger partial charge in [-0.15, -0.1) is 4.57 Å². The maximum absolute atomic E-state index is 9.67. The largest absolute Gasteiger partial charge is 0.762 e. The number of aromatic nitrogens is 1. The van der Waals surface area contributed by atoms with Crippen LogP contribution in [0.5, 0.6) is 0 Å². The molecule has 151 valence electrons. The smallest absolute Gasteiger partial charge is 0.403 e. The van der Waals surface area contributed by atoms with Crippen molar-refractivity contribution in [1.29, 1.82) is 0 Å². The van der Waals surface area contributed by atoms with Crippen molar-refractivity contribution in [3.63, 3.8) is 0 Å². The second kappa shape index (κ2) is 8.80. The fraction of sp³-hybridized carbons (Fsp3) is 0.381. The lowest BCUT2D eigenvalue weighted by Gasteiger charge is -2.24. The number of fused-ring (bicyclic) bond motifs is 1. The molecular weight excluding hydrogens is 369 g/mol. The molecule has 0 aliphatic rings. The van der Waals surface area contributed by atoms with Crippen molar-refractivity contribution < 1.29 is 26.6 Å². The molecule has 0 fully saturated rings. The fourth-order valence-electron chi connectivity index (χ4n) is 2.86. The molecule has 0 saturated carbocycles. The highest BCUT2D eigenvalue weighted by atomic mass is 19.4. The van der Waals surface area contributed by atoms with E-state index in [0.717, 1.165) is 16.8 Å². The van der Waals surface area contributed by atoms with Crippen LogP contribution in [0.1, 0.15) is 52.7 Å². The molecule has 3 rings (SSSR count). The third kappa shape index (κ3) is 5.60. The third-order valence-corrected chi connectivity index (χ3v) is 4.31. The minimum absolute atomic E-state index is 0. The van der Waals surface area contributed by atoms with Gasteiger partial charge < -0.3 is 4.42 Å². The van der Waals surface area contributed by atoms with Gasteiger partial charge in [0.05, 0.1) is 0 Å². The van der Waals surface area contributed by atoms with Gasteiger partial charge in [-0.1, -0.05) is 65.8 Å². The highest BCUT2D eigenvalue weighted by molar-refractivity contribution is 6.33. The van der Waals surface area contributed by atoms with E-state index in [4.69, 9.17) is 4.42 Å². The molecule has 0 N–H and O–H groups in total. The number of rotatable bonds is 1. The van der Waals surface area contributed by atoms with E-state index in [-0.39, 0.29) is 15.5 Å². The quantitative estimate of drug-likeness (QED) is 0.258. The average Bonchev–Trinajstić information content (AvgIpc) is 2.96. The lowest BCUT2D eigenvalue weighted by atomic mass is 9.80. The summed E-state index contributed by atoms with van der Waals surface area (Å²) in [5.74, 6) is 0. The second-order valence-electron chi connectivity index (χ2n) is 8.55. The number of para-hydroxylation sites is 1. The molecule has 2 nitrogen and oxygen atoms in total. The molecule has 1 radical (unpaired) electrons. The summed E-state index contributed by atoms with van der Waals surface area (Å²) in [7, 11) is -3.67. The Labute approximate surface area is 164 Å². The van der Waals surface area contributed by atoms with Crippen LogP contribution < -0.4 is 4.57 Å². The molecule has 7 heteroatoms. The molecule has 1 aromatic heterocycles. The van der Waals surface area contributed by atoms with Crippen molar-refractivity contribution in [2.24, 2.45) is 0 Å². The molecule has 0 saturated heterocycles. The van der Waals surface area contributed by atoms with Crippen molar-refractivity contribution in [3.05, 3.63) is 60.0 Å². The zero-order valence-corrected chi connectivity index (χ0v) is 17.1. The summed E-state index contributed by atoms with van der Waals surface area (Å²) in [6, 6.07) is 14.9. The number of benzene rings is 2. The summed E-state index contributed by atoms with van der Waals surface area (Å²) in [6.45, 7) is 13.5. The van der Waals surface area contributed by atoms with Gasteiger partial charge >= 0.3 is 13.9 Å². The summed E-state index contributed by atoms with van der Waals surface area (Å²) in [4.78, 5) is 0. The Morgan fingerprint density at radius 1 is 0.857 bits per heavy atom. The topological polar surface area (TPSA) is 17.0 Å². The van der Waals surface area contributed by atoms with E-state index >= 15 is 0 Å². The van der Waals surface area contributed by atoms with Gasteiger partial charge in [0, 0.05) is 28.5 Å². The van der Waals surface area contributed by atoms with Crippen LogP contribution >= 0.6 is 0 Å². The summed E-state index contributed by atoms with van der Waals surface area (Å²) in [5, 5.41) is 0. The average molecular weight is 395 g/mol. The van der Waals surface area contributed by atoms with Gasteiger partial charge in [0.25, 0.3) is 5.52 Å². The van der Waals surface area contributed by atoms with Gasteiger partial charge in [-0.25, -0.2) is 0 Å². The van der Waals surface area contributed by atoms with E-state index in [1.807, 2.05) is 12.5 Å². The lowest BCUT2D eigenvalue weighted by molar-refractivity contribution is -0.573. The molecule has 0 spiro atoms. The molecule has 3 aromatic rings. The highest BCUT2D eigenvalue weighted by Crippen LogP contribution is 2.34. The maximum Gasteiger partial charge on any atom is 0.762 e. The van der Waals surface area contributed by atoms with Crippen molar-refractivity contribution in [2.75, 3.05) is 0 Å². The highest BCUT2D eigenvalue weighted by Gasteiger charge is 2.28. The molecule has 0 atom stereocenters. The minimum atomic E-state index is -3.67. The Balaban J connectivity index is 0.000000717. The van der Waals surface area contributed by atoms with E-state index < -0.39 is 7.54 Å². The summed E-state index contributed by atoms with van der Waals surface area (Å²) >= 11 is 0. The first-order valence-electron chi connectivity index (χ1n) is 8.87. The van der Waals surface area contributed by atoms with Crippen LogP contribution in [0.25, 0.3) is 16.8 Å². The monoisotopic (exact) mass is 395 g/mol. The zero-order chi connectivity index (χ0) is 20.4. The van der Waals surface area contributed by atoms with Crippen LogP contribution in [0.4, 0.5) is 17.7 Å². The van der Waals surface area contributed by atoms with Crippen LogP contribution in [0, 0.1) is 0 Å². The minimum Gasteiger partial charge on any atom is -0.403 e. The molecule has 28 heavy (non-hydrogen) atoms. The first kappa shape index (κ1) is 23.7. The predicted octanol–water partition coefficient (Wildman–Crippen LogP) is 6.60. The van der Waals surface area contributed by atoms with Gasteiger partial charge in [-0.2, -0.15) is 0 Å². The van der Waals surface area contributed by atoms with Gasteiger partial charge in [0.15, 0.2) is 0 Å². The third-order valence-electron chi connectivity index (χ3n) is 4.31. The van der Waals surface area contributed by atoms with Gasteiger partial charge in [0.2, 0.25) is 11.3 Å². The molecular formula is C21H26BF4NO+. The number of hydrogen-bond donors (Lipinski definition) is 0.